The number of carbonyl (C=O) groups is 1. The van der Waals surface area contributed by atoms with E-state index in [2.05, 4.69) is 14.9 Å². The number of benzene rings is 1. The second kappa shape index (κ2) is 9.94. The molecule has 0 spiro atoms. The van der Waals surface area contributed by atoms with Crippen molar-refractivity contribution in [2.45, 2.75) is 13.5 Å². The summed E-state index contributed by atoms with van der Waals surface area (Å²) in [7, 11) is 0. The van der Waals surface area contributed by atoms with E-state index in [4.69, 9.17) is 16.3 Å². The zero-order valence-corrected chi connectivity index (χ0v) is 18.8. The van der Waals surface area contributed by atoms with Gasteiger partial charge in [0.15, 0.2) is 0 Å². The van der Waals surface area contributed by atoms with Crippen molar-refractivity contribution in [1.29, 1.82) is 0 Å². The molecule has 0 radical (unpaired) electrons. The maximum Gasteiger partial charge on any atom is 0.246 e. The summed E-state index contributed by atoms with van der Waals surface area (Å²) in [6, 6.07) is 11.3. The fourth-order valence-electron chi connectivity index (χ4n) is 3.36. The van der Waals surface area contributed by atoms with E-state index in [0.29, 0.717) is 37.8 Å². The molecule has 3 aromatic rings. The Labute approximate surface area is 190 Å². The molecule has 1 amide bonds. The number of anilines is 1. The number of rotatable bonds is 6. The van der Waals surface area contributed by atoms with Crippen LogP contribution in [-0.2, 0) is 11.4 Å². The van der Waals surface area contributed by atoms with Crippen molar-refractivity contribution >= 4 is 40.7 Å². The molecule has 8 heteroatoms. The Balaban J connectivity index is 1.30. The van der Waals surface area contributed by atoms with E-state index < -0.39 is 0 Å². The van der Waals surface area contributed by atoms with Gasteiger partial charge in [0, 0.05) is 43.8 Å². The van der Waals surface area contributed by atoms with Crippen molar-refractivity contribution < 1.29 is 9.53 Å². The van der Waals surface area contributed by atoms with Crippen molar-refractivity contribution in [1.82, 2.24) is 14.9 Å². The minimum atomic E-state index is -0.00367. The van der Waals surface area contributed by atoms with E-state index in [9.17, 15) is 4.79 Å². The number of thiazole rings is 1. The van der Waals surface area contributed by atoms with Gasteiger partial charge in [-0.05, 0) is 42.8 Å². The number of carbonyl (C=O) groups excluding carboxylic acids is 1. The Morgan fingerprint density at radius 3 is 2.81 bits per heavy atom. The van der Waals surface area contributed by atoms with E-state index in [-0.39, 0.29) is 5.91 Å². The molecule has 2 aromatic heterocycles. The third-order valence-electron chi connectivity index (χ3n) is 4.96. The average molecular weight is 455 g/mol. The molecule has 3 heterocycles. The largest absolute Gasteiger partial charge is 0.487 e. The average Bonchev–Trinajstić information content (AvgIpc) is 3.22. The van der Waals surface area contributed by atoms with Crippen LogP contribution in [0.4, 0.5) is 5.82 Å². The van der Waals surface area contributed by atoms with Crippen LogP contribution < -0.4 is 9.64 Å². The standard InChI is InChI=1S/C23H23ClN4O2S/c1-17-26-19(16-31-17)15-30-20-5-2-4-18(14-20)7-8-22(29)27-10-12-28(13-11-27)23-21(24)6-3-9-25-23/h2-9,14,16H,10-13,15H2,1H3/b8-7+. The first-order valence-corrected chi connectivity index (χ1v) is 11.3. The van der Waals surface area contributed by atoms with E-state index in [1.165, 1.54) is 0 Å². The fourth-order valence-corrected chi connectivity index (χ4v) is 4.20. The molecule has 1 aliphatic rings. The molecular weight excluding hydrogens is 432 g/mol. The summed E-state index contributed by atoms with van der Waals surface area (Å²) < 4.78 is 5.83. The SMILES string of the molecule is Cc1nc(COc2cccc(/C=C/C(=O)N3CCN(c4ncccc4Cl)CC3)c2)cs1. The van der Waals surface area contributed by atoms with Gasteiger partial charge in [0.25, 0.3) is 0 Å². The van der Waals surface area contributed by atoms with E-state index in [1.54, 1.807) is 23.6 Å². The first kappa shape index (κ1) is 21.3. The Morgan fingerprint density at radius 1 is 1.23 bits per heavy atom. The summed E-state index contributed by atoms with van der Waals surface area (Å²) in [6.45, 7) is 5.08. The number of hydrogen-bond donors (Lipinski definition) is 0. The topological polar surface area (TPSA) is 58.6 Å². The molecular formula is C23H23ClN4O2S. The van der Waals surface area contributed by atoms with Crippen molar-refractivity contribution in [2.24, 2.45) is 0 Å². The quantitative estimate of drug-likeness (QED) is 0.515. The molecule has 160 valence electrons. The number of halogens is 1. The van der Waals surface area contributed by atoms with Gasteiger partial charge in [0.1, 0.15) is 18.2 Å². The zero-order valence-electron chi connectivity index (χ0n) is 17.2. The van der Waals surface area contributed by atoms with Gasteiger partial charge in [-0.1, -0.05) is 23.7 Å². The molecule has 1 fully saturated rings. The molecule has 1 aromatic carbocycles. The highest BCUT2D eigenvalue weighted by atomic mass is 35.5. The van der Waals surface area contributed by atoms with Crippen molar-refractivity contribution in [3.8, 4) is 5.75 Å². The number of ether oxygens (including phenoxy) is 1. The third kappa shape index (κ3) is 5.62. The van der Waals surface area contributed by atoms with Crippen LogP contribution in [0.1, 0.15) is 16.3 Å². The van der Waals surface area contributed by atoms with Crippen LogP contribution >= 0.6 is 22.9 Å². The first-order chi connectivity index (χ1) is 15.1. The molecule has 4 rings (SSSR count). The van der Waals surface area contributed by atoms with Crippen LogP contribution in [0.15, 0.2) is 54.1 Å². The van der Waals surface area contributed by atoms with Gasteiger partial charge in [0.05, 0.1) is 15.7 Å². The molecule has 6 nitrogen and oxygen atoms in total. The van der Waals surface area contributed by atoms with Crippen molar-refractivity contribution in [2.75, 3.05) is 31.1 Å². The molecule has 0 aliphatic carbocycles. The molecule has 1 saturated heterocycles. The predicted molar refractivity (Wildman–Crippen MR) is 125 cm³/mol. The van der Waals surface area contributed by atoms with Crippen LogP contribution in [0.5, 0.6) is 5.75 Å². The molecule has 0 unspecified atom stereocenters. The summed E-state index contributed by atoms with van der Waals surface area (Å²) in [6.07, 6.45) is 5.17. The van der Waals surface area contributed by atoms with Gasteiger partial charge in [-0.2, -0.15) is 0 Å². The summed E-state index contributed by atoms with van der Waals surface area (Å²) in [5.41, 5.74) is 1.84. The maximum absolute atomic E-state index is 12.6. The fraction of sp³-hybridized carbons (Fsp3) is 0.261. The van der Waals surface area contributed by atoms with Crippen LogP contribution in [-0.4, -0.2) is 47.0 Å². The van der Waals surface area contributed by atoms with Crippen LogP contribution in [0.2, 0.25) is 5.02 Å². The minimum absolute atomic E-state index is 0.00367. The normalized spacial score (nSPS) is 14.3. The second-order valence-electron chi connectivity index (χ2n) is 7.17. The first-order valence-electron chi connectivity index (χ1n) is 10.0. The number of hydrogen-bond acceptors (Lipinski definition) is 6. The number of amides is 1. The van der Waals surface area contributed by atoms with Gasteiger partial charge >= 0.3 is 0 Å². The molecule has 0 atom stereocenters. The number of aryl methyl sites for hydroxylation is 1. The number of pyridine rings is 1. The lowest BCUT2D eigenvalue weighted by atomic mass is 10.2. The summed E-state index contributed by atoms with van der Waals surface area (Å²) >= 11 is 7.85. The Hall–Kier alpha value is -2.90. The molecule has 0 saturated carbocycles. The van der Waals surface area contributed by atoms with Crippen LogP contribution in [0, 0.1) is 6.92 Å². The smallest absolute Gasteiger partial charge is 0.246 e. The highest BCUT2D eigenvalue weighted by Gasteiger charge is 2.21. The van der Waals surface area contributed by atoms with E-state index >= 15 is 0 Å². The van der Waals surface area contributed by atoms with Gasteiger partial charge in [-0.3, -0.25) is 4.79 Å². The lowest BCUT2D eigenvalue weighted by molar-refractivity contribution is -0.126. The third-order valence-corrected chi connectivity index (χ3v) is 6.08. The van der Waals surface area contributed by atoms with Crippen molar-refractivity contribution in [3.05, 3.63) is 75.3 Å². The molecule has 0 N–H and O–H groups in total. The monoisotopic (exact) mass is 454 g/mol. The van der Waals surface area contributed by atoms with Gasteiger partial charge in [0.2, 0.25) is 5.91 Å². The zero-order chi connectivity index (χ0) is 21.6. The Kier molecular flexibility index (Phi) is 6.84. The second-order valence-corrected chi connectivity index (χ2v) is 8.64. The number of nitrogens with zero attached hydrogens (tertiary/aromatic N) is 4. The predicted octanol–water partition coefficient (Wildman–Crippen LogP) is 4.44. The lowest BCUT2D eigenvalue weighted by Gasteiger charge is -2.35. The Morgan fingerprint density at radius 2 is 2.06 bits per heavy atom. The van der Waals surface area contributed by atoms with Gasteiger partial charge in [-0.25, -0.2) is 9.97 Å². The molecule has 1 aliphatic heterocycles. The van der Waals surface area contributed by atoms with Crippen LogP contribution in [0.25, 0.3) is 6.08 Å². The van der Waals surface area contributed by atoms with Gasteiger partial charge < -0.3 is 14.5 Å². The van der Waals surface area contributed by atoms with E-state index in [1.807, 2.05) is 59.7 Å². The summed E-state index contributed by atoms with van der Waals surface area (Å²) in [5.74, 6) is 1.52. The highest BCUT2D eigenvalue weighted by molar-refractivity contribution is 7.09. The maximum atomic E-state index is 12.6. The summed E-state index contributed by atoms with van der Waals surface area (Å²) in [4.78, 5) is 25.3. The number of aromatic nitrogens is 2. The van der Waals surface area contributed by atoms with Gasteiger partial charge in [-0.15, -0.1) is 11.3 Å². The minimum Gasteiger partial charge on any atom is -0.487 e. The highest BCUT2D eigenvalue weighted by Crippen LogP contribution is 2.23. The van der Waals surface area contributed by atoms with Crippen molar-refractivity contribution in [3.63, 3.8) is 0 Å². The number of piperazine rings is 1. The Bertz CT molecular complexity index is 1080. The molecule has 0 bridgehead atoms. The van der Waals surface area contributed by atoms with E-state index in [0.717, 1.165) is 27.8 Å². The summed E-state index contributed by atoms with van der Waals surface area (Å²) in [5, 5.41) is 3.66. The lowest BCUT2D eigenvalue weighted by Crippen LogP contribution is -2.48. The molecule has 31 heavy (non-hydrogen) atoms. The van der Waals surface area contributed by atoms with Crippen LogP contribution in [0.3, 0.4) is 0 Å².